The number of carbonyl (C=O) groups is 1. The Bertz CT molecular complexity index is 1280. The molecule has 2 N–H and O–H groups in total. The predicted octanol–water partition coefficient (Wildman–Crippen LogP) is 3.99. The molecular weight excluding hydrogens is 392 g/mol. The van der Waals surface area contributed by atoms with Crippen molar-refractivity contribution in [1.29, 1.82) is 0 Å². The molecule has 1 unspecified atom stereocenters. The topological polar surface area (TPSA) is 97.0 Å². The number of aliphatic hydroxyl groups is 1. The number of carboxylic acids is 1. The first-order valence-corrected chi connectivity index (χ1v) is 9.36. The Balaban J connectivity index is 1.77. The lowest BCUT2D eigenvalue weighted by molar-refractivity contribution is 0.0697. The summed E-state index contributed by atoms with van der Waals surface area (Å²) in [6.45, 7) is 0. The molecule has 0 spiro atoms. The van der Waals surface area contributed by atoms with E-state index >= 15 is 0 Å². The van der Waals surface area contributed by atoms with Crippen LogP contribution in [0.25, 0.3) is 21.9 Å². The van der Waals surface area contributed by atoms with Crippen LogP contribution in [0.15, 0.2) is 69.9 Å². The summed E-state index contributed by atoms with van der Waals surface area (Å²) in [4.78, 5) is 23.9. The first kappa shape index (κ1) is 19.0. The Hall–Kier alpha value is -3.29. The van der Waals surface area contributed by atoms with Gasteiger partial charge in [0.25, 0.3) is 0 Å². The standard InChI is InChI=1S/C22H16O6S/c23-20(12-1-5-15(6-2-12)27-11-29)13-3-7-16-19(10-13)28-18-8-4-14(22(25)26)9-17(18)21(16)24/h1-10,20,23,29H,11H2,(H,25,26). The summed E-state index contributed by atoms with van der Waals surface area (Å²) in [5.74, 6) is -0.212. The van der Waals surface area contributed by atoms with Gasteiger partial charge in [-0.2, -0.15) is 0 Å². The predicted molar refractivity (Wildman–Crippen MR) is 112 cm³/mol. The minimum atomic E-state index is -1.12. The van der Waals surface area contributed by atoms with Crippen molar-refractivity contribution in [2.45, 2.75) is 6.10 Å². The third-order valence-corrected chi connectivity index (χ3v) is 4.81. The van der Waals surface area contributed by atoms with Crippen LogP contribution in [0, 0.1) is 0 Å². The average Bonchev–Trinajstić information content (AvgIpc) is 2.73. The van der Waals surface area contributed by atoms with Crippen LogP contribution >= 0.6 is 12.6 Å². The quantitative estimate of drug-likeness (QED) is 0.262. The first-order chi connectivity index (χ1) is 14.0. The van der Waals surface area contributed by atoms with Crippen LogP contribution in [0.3, 0.4) is 0 Å². The summed E-state index contributed by atoms with van der Waals surface area (Å²) in [6, 6.07) is 16.0. The second kappa shape index (κ2) is 7.62. The number of thiol groups is 1. The normalized spacial score (nSPS) is 12.2. The molecule has 0 aliphatic carbocycles. The molecule has 7 heteroatoms. The highest BCUT2D eigenvalue weighted by molar-refractivity contribution is 7.80. The lowest BCUT2D eigenvalue weighted by Crippen LogP contribution is -2.06. The van der Waals surface area contributed by atoms with Crippen molar-refractivity contribution in [3.63, 3.8) is 0 Å². The molecule has 0 saturated heterocycles. The highest BCUT2D eigenvalue weighted by Gasteiger charge is 2.15. The van der Waals surface area contributed by atoms with E-state index in [1.54, 1.807) is 42.5 Å². The fourth-order valence-electron chi connectivity index (χ4n) is 3.19. The van der Waals surface area contributed by atoms with E-state index in [1.165, 1.54) is 18.2 Å². The average molecular weight is 408 g/mol. The van der Waals surface area contributed by atoms with Gasteiger partial charge in [-0.15, -0.1) is 12.6 Å². The summed E-state index contributed by atoms with van der Waals surface area (Å²) in [5.41, 5.74) is 1.51. The van der Waals surface area contributed by atoms with E-state index in [-0.39, 0.29) is 27.9 Å². The van der Waals surface area contributed by atoms with Crippen molar-refractivity contribution in [1.82, 2.24) is 0 Å². The first-order valence-electron chi connectivity index (χ1n) is 8.73. The molecule has 0 aliphatic rings. The van der Waals surface area contributed by atoms with E-state index in [0.717, 1.165) is 0 Å². The molecule has 1 heterocycles. The van der Waals surface area contributed by atoms with E-state index < -0.39 is 12.1 Å². The highest BCUT2D eigenvalue weighted by Crippen LogP contribution is 2.28. The molecule has 0 saturated carbocycles. The van der Waals surface area contributed by atoms with Crippen molar-refractivity contribution in [2.24, 2.45) is 0 Å². The van der Waals surface area contributed by atoms with Crippen molar-refractivity contribution in [2.75, 3.05) is 5.94 Å². The Morgan fingerprint density at radius 2 is 1.69 bits per heavy atom. The second-order valence-electron chi connectivity index (χ2n) is 6.45. The van der Waals surface area contributed by atoms with Gasteiger partial charge in [0.05, 0.1) is 16.3 Å². The monoisotopic (exact) mass is 408 g/mol. The van der Waals surface area contributed by atoms with Crippen LogP contribution in [-0.2, 0) is 0 Å². The van der Waals surface area contributed by atoms with E-state index in [2.05, 4.69) is 12.6 Å². The number of rotatable bonds is 5. The summed E-state index contributed by atoms with van der Waals surface area (Å²) in [7, 11) is 0. The number of carboxylic acid groups (broad SMARTS) is 1. The zero-order valence-electron chi connectivity index (χ0n) is 15.0. The van der Waals surface area contributed by atoms with Gasteiger partial charge in [-0.3, -0.25) is 4.79 Å². The van der Waals surface area contributed by atoms with Gasteiger partial charge in [0.2, 0.25) is 5.43 Å². The fourth-order valence-corrected chi connectivity index (χ4v) is 3.34. The molecule has 4 rings (SSSR count). The van der Waals surface area contributed by atoms with Crippen molar-refractivity contribution < 1.29 is 24.2 Å². The Labute approximate surface area is 170 Å². The molecule has 146 valence electrons. The maximum Gasteiger partial charge on any atom is 0.335 e. The minimum absolute atomic E-state index is 0.0153. The Morgan fingerprint density at radius 3 is 2.38 bits per heavy atom. The summed E-state index contributed by atoms with van der Waals surface area (Å²) in [5, 5.41) is 20.4. The number of fused-ring (bicyclic) bond motifs is 2. The van der Waals surface area contributed by atoms with Crippen molar-refractivity contribution in [3.05, 3.63) is 87.6 Å². The van der Waals surface area contributed by atoms with Crippen LogP contribution in [0.2, 0.25) is 0 Å². The fraction of sp³-hybridized carbons (Fsp3) is 0.0909. The summed E-state index contributed by atoms with van der Waals surface area (Å²) in [6.07, 6.45) is -0.917. The van der Waals surface area contributed by atoms with Crippen LogP contribution in [0.4, 0.5) is 0 Å². The molecule has 29 heavy (non-hydrogen) atoms. The smallest absolute Gasteiger partial charge is 0.335 e. The number of aromatic carboxylic acids is 1. The van der Waals surface area contributed by atoms with Gasteiger partial charge < -0.3 is 19.4 Å². The van der Waals surface area contributed by atoms with Crippen molar-refractivity contribution in [3.8, 4) is 5.75 Å². The molecule has 0 amide bonds. The van der Waals surface area contributed by atoms with E-state index in [1.807, 2.05) is 0 Å². The lowest BCUT2D eigenvalue weighted by Gasteiger charge is -2.13. The Morgan fingerprint density at radius 1 is 0.966 bits per heavy atom. The van der Waals surface area contributed by atoms with Gasteiger partial charge >= 0.3 is 5.97 Å². The number of hydrogen-bond acceptors (Lipinski definition) is 6. The molecular formula is C22H16O6S. The molecule has 0 aliphatic heterocycles. The van der Waals surface area contributed by atoms with Crippen LogP contribution in [0.1, 0.15) is 27.6 Å². The van der Waals surface area contributed by atoms with Gasteiger partial charge in [-0.05, 0) is 53.6 Å². The van der Waals surface area contributed by atoms with Gasteiger partial charge in [-0.25, -0.2) is 4.79 Å². The van der Waals surface area contributed by atoms with Crippen LogP contribution in [-0.4, -0.2) is 22.1 Å². The third-order valence-electron chi connectivity index (χ3n) is 4.68. The van der Waals surface area contributed by atoms with E-state index in [4.69, 9.17) is 14.3 Å². The zero-order chi connectivity index (χ0) is 20.5. The largest absolute Gasteiger partial charge is 0.483 e. The molecule has 0 radical (unpaired) electrons. The maximum atomic E-state index is 12.8. The Kier molecular flexibility index (Phi) is 5.00. The van der Waals surface area contributed by atoms with Gasteiger partial charge in [0.15, 0.2) is 0 Å². The molecule has 0 fully saturated rings. The number of aliphatic hydroxyl groups excluding tert-OH is 1. The highest BCUT2D eigenvalue weighted by atomic mass is 32.1. The van der Waals surface area contributed by atoms with Gasteiger partial charge in [0.1, 0.15) is 29.0 Å². The molecule has 1 aromatic heterocycles. The van der Waals surface area contributed by atoms with Gasteiger partial charge in [-0.1, -0.05) is 18.2 Å². The minimum Gasteiger partial charge on any atom is -0.483 e. The summed E-state index contributed by atoms with van der Waals surface area (Å²) >= 11 is 4.00. The summed E-state index contributed by atoms with van der Waals surface area (Å²) < 4.78 is 11.1. The van der Waals surface area contributed by atoms with E-state index in [0.29, 0.717) is 27.8 Å². The molecule has 6 nitrogen and oxygen atoms in total. The van der Waals surface area contributed by atoms with Crippen molar-refractivity contribution >= 4 is 40.5 Å². The number of benzene rings is 3. The second-order valence-corrected chi connectivity index (χ2v) is 6.71. The molecule has 4 aromatic rings. The molecule has 1 atom stereocenters. The van der Waals surface area contributed by atoms with Gasteiger partial charge in [0, 0.05) is 0 Å². The number of ether oxygens (including phenoxy) is 1. The molecule has 0 bridgehead atoms. The third kappa shape index (κ3) is 3.57. The van der Waals surface area contributed by atoms with E-state index in [9.17, 15) is 14.7 Å². The lowest BCUT2D eigenvalue weighted by atomic mass is 10.00. The molecule has 3 aromatic carbocycles. The van der Waals surface area contributed by atoms with Crippen LogP contribution in [0.5, 0.6) is 5.75 Å². The number of hydrogen-bond donors (Lipinski definition) is 3. The maximum absolute atomic E-state index is 12.8. The SMILES string of the molecule is O=C(O)c1ccc2oc3cc(C(O)c4ccc(OCS)cc4)ccc3c(=O)c2c1. The zero-order valence-corrected chi connectivity index (χ0v) is 15.9. The van der Waals surface area contributed by atoms with Crippen LogP contribution < -0.4 is 10.2 Å².